The van der Waals surface area contributed by atoms with Gasteiger partial charge in [-0.05, 0) is 6.92 Å². The van der Waals surface area contributed by atoms with Crippen LogP contribution in [0.25, 0.3) is 0 Å². The number of carbonyl (C=O) groups is 1. The molecule has 0 bridgehead atoms. The number of alkyl halides is 2. The molecule has 0 aliphatic carbocycles. The van der Waals surface area contributed by atoms with E-state index < -0.39 is 36.5 Å². The molecule has 0 amide bonds. The van der Waals surface area contributed by atoms with Crippen LogP contribution >= 0.6 is 0 Å². The van der Waals surface area contributed by atoms with E-state index in [1.54, 1.807) is 0 Å². The molecule has 102 valence electrons. The Morgan fingerprint density at radius 1 is 1.56 bits per heavy atom. The maximum absolute atomic E-state index is 12.8. The third-order valence-corrected chi connectivity index (χ3v) is 2.04. The monoisotopic (exact) mass is 265 g/mol. The quantitative estimate of drug-likeness (QED) is 0.688. The number of esters is 1. The first-order chi connectivity index (χ1) is 8.51. The lowest BCUT2D eigenvalue weighted by atomic mass is 10.3. The first-order valence-corrected chi connectivity index (χ1v) is 5.18. The smallest absolute Gasteiger partial charge is 0.361 e. The van der Waals surface area contributed by atoms with Crippen LogP contribution in [0.3, 0.4) is 0 Å². The molecular formula is C9H13F2N3O4. The van der Waals surface area contributed by atoms with E-state index in [1.807, 2.05) is 0 Å². The number of halogens is 2. The van der Waals surface area contributed by atoms with E-state index in [1.165, 1.54) is 6.92 Å². The van der Waals surface area contributed by atoms with Crippen LogP contribution in [-0.4, -0.2) is 50.5 Å². The zero-order valence-electron chi connectivity index (χ0n) is 9.58. The second kappa shape index (κ2) is 6.36. The van der Waals surface area contributed by atoms with Crippen LogP contribution in [0.15, 0.2) is 0 Å². The van der Waals surface area contributed by atoms with Crippen molar-refractivity contribution in [3.8, 4) is 0 Å². The number of carbonyl (C=O) groups excluding carboxylic acids is 1. The van der Waals surface area contributed by atoms with Crippen LogP contribution in [0.1, 0.15) is 29.5 Å². The average molecular weight is 265 g/mol. The van der Waals surface area contributed by atoms with E-state index >= 15 is 0 Å². The van der Waals surface area contributed by atoms with Gasteiger partial charge in [-0.2, -0.15) is 0 Å². The molecule has 0 spiro atoms. The fourth-order valence-corrected chi connectivity index (χ4v) is 1.27. The summed E-state index contributed by atoms with van der Waals surface area (Å²) < 4.78 is 30.9. The fourth-order valence-electron chi connectivity index (χ4n) is 1.27. The zero-order valence-corrected chi connectivity index (χ0v) is 9.58. The van der Waals surface area contributed by atoms with E-state index in [2.05, 4.69) is 15.0 Å². The maximum atomic E-state index is 12.8. The summed E-state index contributed by atoms with van der Waals surface area (Å²) in [6.45, 7) is 0.549. The minimum absolute atomic E-state index is 0.0215. The van der Waals surface area contributed by atoms with Gasteiger partial charge in [-0.3, -0.25) is 0 Å². The molecule has 0 aromatic carbocycles. The molecule has 18 heavy (non-hydrogen) atoms. The summed E-state index contributed by atoms with van der Waals surface area (Å²) in [5, 5.41) is 24.5. The number of rotatable bonds is 6. The highest BCUT2D eigenvalue weighted by atomic mass is 19.3. The minimum Gasteiger partial charge on any atom is -0.461 e. The number of aliphatic hydroxyl groups is 2. The van der Waals surface area contributed by atoms with E-state index in [0.717, 1.165) is 0 Å². The van der Waals surface area contributed by atoms with Gasteiger partial charge in [0.05, 0.1) is 25.9 Å². The standard InChI is InChI=1S/C9H13F2N3O4/c1-2-18-9(17)6-7(8(10)11)14(13-12-6)3-5(16)4-15/h5,8,15-16H,2-4H2,1H3. The molecule has 1 heterocycles. The molecule has 0 saturated carbocycles. The molecule has 7 nitrogen and oxygen atoms in total. The van der Waals surface area contributed by atoms with Crippen LogP contribution < -0.4 is 0 Å². The molecule has 2 N–H and O–H groups in total. The molecule has 0 fully saturated rings. The molecule has 1 aromatic rings. The number of aliphatic hydroxyl groups excluding tert-OH is 2. The highest BCUT2D eigenvalue weighted by Crippen LogP contribution is 2.22. The predicted molar refractivity (Wildman–Crippen MR) is 54.0 cm³/mol. The van der Waals surface area contributed by atoms with Crippen LogP contribution in [-0.2, 0) is 11.3 Å². The van der Waals surface area contributed by atoms with Gasteiger partial charge in [-0.1, -0.05) is 5.21 Å². The highest BCUT2D eigenvalue weighted by molar-refractivity contribution is 5.88. The molecule has 0 aliphatic heterocycles. The topological polar surface area (TPSA) is 97.5 Å². The number of hydrogen-bond donors (Lipinski definition) is 2. The Morgan fingerprint density at radius 3 is 2.72 bits per heavy atom. The number of aromatic nitrogens is 3. The summed E-state index contributed by atoms with van der Waals surface area (Å²) in [7, 11) is 0. The number of hydrogen-bond acceptors (Lipinski definition) is 6. The van der Waals surface area contributed by atoms with Crippen molar-refractivity contribution >= 4 is 5.97 Å². The summed E-state index contributed by atoms with van der Waals surface area (Å²) in [5.74, 6) is -1.00. The van der Waals surface area contributed by atoms with E-state index in [9.17, 15) is 13.6 Å². The van der Waals surface area contributed by atoms with Crippen molar-refractivity contribution in [2.24, 2.45) is 0 Å². The molecule has 0 saturated heterocycles. The second-order valence-corrected chi connectivity index (χ2v) is 3.36. The maximum Gasteiger partial charge on any atom is 0.361 e. The van der Waals surface area contributed by atoms with Gasteiger partial charge in [-0.15, -0.1) is 5.10 Å². The Bertz CT molecular complexity index is 411. The van der Waals surface area contributed by atoms with Crippen molar-refractivity contribution in [1.82, 2.24) is 15.0 Å². The van der Waals surface area contributed by atoms with Gasteiger partial charge < -0.3 is 14.9 Å². The molecule has 1 unspecified atom stereocenters. The van der Waals surface area contributed by atoms with Gasteiger partial charge in [0.15, 0.2) is 5.69 Å². The minimum atomic E-state index is -3.00. The van der Waals surface area contributed by atoms with E-state index in [0.29, 0.717) is 4.68 Å². The summed E-state index contributed by atoms with van der Waals surface area (Å²) >= 11 is 0. The van der Waals surface area contributed by atoms with Crippen LogP contribution in [0.5, 0.6) is 0 Å². The van der Waals surface area contributed by atoms with Crippen molar-refractivity contribution in [3.05, 3.63) is 11.4 Å². The van der Waals surface area contributed by atoms with Gasteiger partial charge in [0.1, 0.15) is 5.69 Å². The average Bonchev–Trinajstić information content (AvgIpc) is 2.73. The predicted octanol–water partition coefficient (Wildman–Crippen LogP) is -0.254. The van der Waals surface area contributed by atoms with Gasteiger partial charge in [-0.25, -0.2) is 18.3 Å². The van der Waals surface area contributed by atoms with E-state index in [4.69, 9.17) is 10.2 Å². The van der Waals surface area contributed by atoms with Crippen LogP contribution in [0, 0.1) is 0 Å². The molecule has 0 radical (unpaired) electrons. The Morgan fingerprint density at radius 2 is 2.22 bits per heavy atom. The molecule has 9 heteroatoms. The third-order valence-electron chi connectivity index (χ3n) is 2.04. The SMILES string of the molecule is CCOC(=O)c1nnn(CC(O)CO)c1C(F)F. The molecule has 1 atom stereocenters. The lowest BCUT2D eigenvalue weighted by Gasteiger charge is -2.09. The van der Waals surface area contributed by atoms with Crippen molar-refractivity contribution in [3.63, 3.8) is 0 Å². The largest absolute Gasteiger partial charge is 0.461 e. The molecule has 1 rings (SSSR count). The third kappa shape index (κ3) is 3.20. The summed E-state index contributed by atoms with van der Waals surface area (Å²) in [6, 6.07) is 0. The first-order valence-electron chi connectivity index (χ1n) is 5.18. The molecule has 1 aromatic heterocycles. The van der Waals surface area contributed by atoms with Crippen LogP contribution in [0.4, 0.5) is 8.78 Å². The van der Waals surface area contributed by atoms with Crippen molar-refractivity contribution in [2.75, 3.05) is 13.2 Å². The fraction of sp³-hybridized carbons (Fsp3) is 0.667. The normalized spacial score (nSPS) is 12.8. The summed E-state index contributed by atoms with van der Waals surface area (Å²) in [5.41, 5.74) is -1.32. The van der Waals surface area contributed by atoms with E-state index in [-0.39, 0.29) is 13.2 Å². The second-order valence-electron chi connectivity index (χ2n) is 3.36. The van der Waals surface area contributed by atoms with Gasteiger partial charge in [0.2, 0.25) is 0 Å². The molecular weight excluding hydrogens is 252 g/mol. The Hall–Kier alpha value is -1.61. The lowest BCUT2D eigenvalue weighted by molar-refractivity contribution is 0.0501. The van der Waals surface area contributed by atoms with Crippen LogP contribution in [0.2, 0.25) is 0 Å². The Kier molecular flexibility index (Phi) is 5.10. The van der Waals surface area contributed by atoms with Crippen molar-refractivity contribution < 1.29 is 28.5 Å². The summed E-state index contributed by atoms with van der Waals surface area (Å²) in [6.07, 6.45) is -4.26. The lowest BCUT2D eigenvalue weighted by Crippen LogP contribution is -2.22. The van der Waals surface area contributed by atoms with Gasteiger partial charge in [0.25, 0.3) is 6.43 Å². The van der Waals surface area contributed by atoms with Gasteiger partial charge >= 0.3 is 5.97 Å². The van der Waals surface area contributed by atoms with Crippen molar-refractivity contribution in [2.45, 2.75) is 26.0 Å². The summed E-state index contributed by atoms with van der Waals surface area (Å²) in [4.78, 5) is 11.4. The number of ether oxygens (including phenoxy) is 1. The Labute approximate surface area is 101 Å². The highest BCUT2D eigenvalue weighted by Gasteiger charge is 2.28. The molecule has 0 aliphatic rings. The first kappa shape index (κ1) is 14.5. The van der Waals surface area contributed by atoms with Gasteiger partial charge in [0, 0.05) is 0 Å². The zero-order chi connectivity index (χ0) is 13.7. The Balaban J connectivity index is 3.03. The van der Waals surface area contributed by atoms with Crippen molar-refractivity contribution in [1.29, 1.82) is 0 Å². The number of nitrogens with zero attached hydrogens (tertiary/aromatic N) is 3.